The molecule has 1 aromatic carbocycles. The number of aromatic nitrogens is 1. The zero-order valence-electron chi connectivity index (χ0n) is 17.1. The maximum atomic E-state index is 15.2. The molecule has 8 nitrogen and oxygen atoms in total. The highest BCUT2D eigenvalue weighted by molar-refractivity contribution is 7.92. The molecule has 2 aliphatic carbocycles. The molecule has 0 saturated heterocycles. The number of sulfonamides is 1. The lowest BCUT2D eigenvalue weighted by Gasteiger charge is -2.33. The number of anilines is 2. The predicted octanol–water partition coefficient (Wildman–Crippen LogP) is 3.39. The predicted molar refractivity (Wildman–Crippen MR) is 116 cm³/mol. The maximum Gasteiger partial charge on any atom is 0.322 e. The van der Waals surface area contributed by atoms with Gasteiger partial charge in [0.15, 0.2) is 0 Å². The Kier molecular flexibility index (Phi) is 6.44. The fourth-order valence-corrected chi connectivity index (χ4v) is 6.19. The molecule has 168 valence electrons. The minimum Gasteiger partial charge on any atom is -0.380 e. The van der Waals surface area contributed by atoms with E-state index in [9.17, 15) is 13.2 Å². The Bertz CT molecular complexity index is 1030. The number of carbonyl (C=O) groups excluding carboxylic acids is 1. The third kappa shape index (κ3) is 4.53. The van der Waals surface area contributed by atoms with Gasteiger partial charge in [-0.25, -0.2) is 9.37 Å². The summed E-state index contributed by atoms with van der Waals surface area (Å²) in [7, 11) is -2.58. The summed E-state index contributed by atoms with van der Waals surface area (Å²) in [4.78, 5) is 19.0. The van der Waals surface area contributed by atoms with Crippen LogP contribution in [0.15, 0.2) is 28.6 Å². The number of halogens is 1. The second kappa shape index (κ2) is 9.09. The van der Waals surface area contributed by atoms with Crippen molar-refractivity contribution in [3.8, 4) is 0 Å². The summed E-state index contributed by atoms with van der Waals surface area (Å²) < 4.78 is 41.9. The molecular weight excluding hydrogens is 443 g/mol. The number of nitrogens with zero attached hydrogens (tertiary/aromatic N) is 2. The van der Waals surface area contributed by atoms with Crippen molar-refractivity contribution < 1.29 is 22.4 Å². The van der Waals surface area contributed by atoms with Gasteiger partial charge in [-0.05, 0) is 56.3 Å². The Hall–Kier alpha value is -2.24. The first-order valence-electron chi connectivity index (χ1n) is 10.3. The van der Waals surface area contributed by atoms with Gasteiger partial charge in [0.1, 0.15) is 10.7 Å². The molecule has 0 unspecified atom stereocenters. The van der Waals surface area contributed by atoms with Crippen LogP contribution in [0.4, 0.5) is 15.2 Å². The van der Waals surface area contributed by atoms with Gasteiger partial charge < -0.3 is 15.5 Å². The molecule has 0 bridgehead atoms. The first-order valence-corrected chi connectivity index (χ1v) is 12.6. The molecule has 4 rings (SSSR count). The van der Waals surface area contributed by atoms with Crippen LogP contribution in [-0.4, -0.2) is 39.0 Å². The number of nitrogens with one attached hydrogen (secondary N) is 2. The van der Waals surface area contributed by atoms with E-state index >= 15 is 4.39 Å². The molecule has 0 radical (unpaired) electrons. The van der Waals surface area contributed by atoms with Crippen LogP contribution in [0.1, 0.15) is 50.0 Å². The highest BCUT2D eigenvalue weighted by Gasteiger charge is 2.36. The number of likely N-dealkylation sites (N-methyl/N-ethyl adjacent to an activating group) is 1. The van der Waals surface area contributed by atoms with Crippen LogP contribution in [-0.2, 0) is 19.7 Å². The zero-order chi connectivity index (χ0) is 22.0. The monoisotopic (exact) mass is 468 g/mol. The van der Waals surface area contributed by atoms with Crippen LogP contribution < -0.4 is 15.1 Å². The quantitative estimate of drug-likeness (QED) is 0.430. The number of rotatable bonds is 9. The minimum atomic E-state index is -4.50. The molecule has 2 fully saturated rings. The molecule has 2 aliphatic rings. The molecular formula is C20H25FN4O4S2. The molecule has 0 amide bonds. The van der Waals surface area contributed by atoms with Crippen LogP contribution in [0.5, 0.6) is 0 Å². The lowest BCUT2D eigenvalue weighted by atomic mass is 9.90. The standard InChI is InChI=1S/C20H25FN4O4S2/c1-22-16-4-2-3-5-17(16)24-18-11-15(21)19(10-14(18)13-6-7-13)31(27,28)25(29-12-26)20-23-8-9-30-20/h8-13,16-17,22,24H,2-7H2,1H3/t16-,17-/m0/s1. The SMILES string of the molecule is CN[C@H]1CCCC[C@@H]1Nc1cc(F)c(S(=O)(=O)N(OC=O)c2nccs2)cc1C1CC1. The van der Waals surface area contributed by atoms with Crippen LogP contribution in [0.3, 0.4) is 0 Å². The van der Waals surface area contributed by atoms with Crippen molar-refractivity contribution >= 4 is 38.7 Å². The zero-order valence-corrected chi connectivity index (χ0v) is 18.7. The van der Waals surface area contributed by atoms with E-state index in [-0.39, 0.29) is 29.6 Å². The van der Waals surface area contributed by atoms with E-state index < -0.39 is 20.7 Å². The van der Waals surface area contributed by atoms with Gasteiger partial charge in [-0.3, -0.25) is 4.79 Å². The van der Waals surface area contributed by atoms with Gasteiger partial charge in [0, 0.05) is 29.3 Å². The molecule has 11 heteroatoms. The second-order valence-electron chi connectivity index (χ2n) is 7.82. The van der Waals surface area contributed by atoms with Crippen LogP contribution in [0, 0.1) is 5.82 Å². The molecule has 31 heavy (non-hydrogen) atoms. The van der Waals surface area contributed by atoms with Crippen molar-refractivity contribution in [2.45, 2.75) is 61.4 Å². The van der Waals surface area contributed by atoms with Crippen molar-refractivity contribution in [1.82, 2.24) is 10.3 Å². The van der Waals surface area contributed by atoms with E-state index in [1.165, 1.54) is 23.7 Å². The Morgan fingerprint density at radius 3 is 2.58 bits per heavy atom. The number of thiazole rings is 1. The minimum absolute atomic E-state index is 0.0183. The summed E-state index contributed by atoms with van der Waals surface area (Å²) >= 11 is 0.960. The fraction of sp³-hybridized carbons (Fsp3) is 0.500. The first-order chi connectivity index (χ1) is 15.0. The maximum absolute atomic E-state index is 15.2. The van der Waals surface area contributed by atoms with Crippen LogP contribution >= 0.6 is 11.3 Å². The van der Waals surface area contributed by atoms with Gasteiger partial charge >= 0.3 is 16.5 Å². The van der Waals surface area contributed by atoms with E-state index in [0.29, 0.717) is 10.2 Å². The van der Waals surface area contributed by atoms with Gasteiger partial charge in [-0.2, -0.15) is 8.42 Å². The second-order valence-corrected chi connectivity index (χ2v) is 10.4. The van der Waals surface area contributed by atoms with Gasteiger partial charge in [0.2, 0.25) is 5.13 Å². The molecule has 1 heterocycles. The van der Waals surface area contributed by atoms with Crippen molar-refractivity contribution in [2.24, 2.45) is 0 Å². The Labute approximate surface area is 184 Å². The number of hydrogen-bond donors (Lipinski definition) is 2. The normalized spacial score (nSPS) is 21.5. The highest BCUT2D eigenvalue weighted by Crippen LogP contribution is 2.45. The average Bonchev–Trinajstić information content (AvgIpc) is 3.46. The number of benzene rings is 1. The van der Waals surface area contributed by atoms with Crippen molar-refractivity contribution in [1.29, 1.82) is 0 Å². The van der Waals surface area contributed by atoms with E-state index in [0.717, 1.165) is 55.4 Å². The highest BCUT2D eigenvalue weighted by atomic mass is 32.2. The van der Waals surface area contributed by atoms with Gasteiger partial charge in [-0.15, -0.1) is 11.3 Å². The summed E-state index contributed by atoms with van der Waals surface area (Å²) in [6, 6.07) is 3.04. The van der Waals surface area contributed by atoms with Crippen molar-refractivity contribution in [3.63, 3.8) is 0 Å². The molecule has 0 aliphatic heterocycles. The molecule has 2 aromatic rings. The van der Waals surface area contributed by atoms with E-state index in [4.69, 9.17) is 0 Å². The molecule has 1 aromatic heterocycles. The summed E-state index contributed by atoms with van der Waals surface area (Å²) in [6.07, 6.45) is 7.44. The van der Waals surface area contributed by atoms with Crippen LogP contribution in [0.2, 0.25) is 0 Å². The van der Waals surface area contributed by atoms with Crippen molar-refractivity contribution in [3.05, 3.63) is 35.1 Å². The Morgan fingerprint density at radius 2 is 1.97 bits per heavy atom. The third-order valence-electron chi connectivity index (χ3n) is 5.81. The van der Waals surface area contributed by atoms with Gasteiger partial charge in [0.05, 0.1) is 0 Å². The lowest BCUT2D eigenvalue weighted by Crippen LogP contribution is -2.44. The topological polar surface area (TPSA) is 101 Å². The first kappa shape index (κ1) is 22.0. The van der Waals surface area contributed by atoms with Crippen molar-refractivity contribution in [2.75, 3.05) is 16.8 Å². The van der Waals surface area contributed by atoms with Gasteiger partial charge in [0.25, 0.3) is 0 Å². The fourth-order valence-electron chi connectivity index (χ4n) is 4.11. The largest absolute Gasteiger partial charge is 0.380 e. The summed E-state index contributed by atoms with van der Waals surface area (Å²) in [5.74, 6) is -0.728. The van der Waals surface area contributed by atoms with E-state index in [1.807, 2.05) is 7.05 Å². The summed E-state index contributed by atoms with van der Waals surface area (Å²) in [5.41, 5.74) is 1.40. The molecule has 2 N–H and O–H groups in total. The number of carbonyl (C=O) groups is 1. The summed E-state index contributed by atoms with van der Waals surface area (Å²) in [5, 5.41) is 8.24. The lowest BCUT2D eigenvalue weighted by molar-refractivity contribution is -0.128. The molecule has 2 saturated carbocycles. The molecule has 2 atom stereocenters. The van der Waals surface area contributed by atoms with Crippen LogP contribution in [0.25, 0.3) is 0 Å². The van der Waals surface area contributed by atoms with E-state index in [1.54, 1.807) is 0 Å². The summed E-state index contributed by atoms with van der Waals surface area (Å²) in [6.45, 7) is -0.0183. The smallest absolute Gasteiger partial charge is 0.322 e. The average molecular weight is 469 g/mol. The Morgan fingerprint density at radius 1 is 1.23 bits per heavy atom. The molecule has 0 spiro atoms. The van der Waals surface area contributed by atoms with Gasteiger partial charge in [-0.1, -0.05) is 17.3 Å². The van der Waals surface area contributed by atoms with E-state index in [2.05, 4.69) is 20.5 Å². The Balaban J connectivity index is 1.71. The number of hydrogen-bond acceptors (Lipinski definition) is 8. The third-order valence-corrected chi connectivity index (χ3v) is 8.23.